The summed E-state index contributed by atoms with van der Waals surface area (Å²) in [4.78, 5) is 0. The third kappa shape index (κ3) is 6.04. The minimum absolute atomic E-state index is 0.806. The summed E-state index contributed by atoms with van der Waals surface area (Å²) in [7, 11) is 3.57. The zero-order valence-corrected chi connectivity index (χ0v) is 13.3. The highest BCUT2D eigenvalue weighted by molar-refractivity contribution is 5.13. The fourth-order valence-electron chi connectivity index (χ4n) is 2.61. The first kappa shape index (κ1) is 17.2. The lowest BCUT2D eigenvalue weighted by Crippen LogP contribution is -2.51. The fourth-order valence-corrected chi connectivity index (χ4v) is 2.61. The zero-order chi connectivity index (χ0) is 14.7. The van der Waals surface area contributed by atoms with Gasteiger partial charge in [0, 0.05) is 19.8 Å². The van der Waals surface area contributed by atoms with Gasteiger partial charge in [0.05, 0.1) is 19.8 Å². The van der Waals surface area contributed by atoms with Crippen LogP contribution in [0.4, 0.5) is 0 Å². The first-order valence-corrected chi connectivity index (χ1v) is 7.63. The average Bonchev–Trinajstić information content (AvgIpc) is 2.49. The maximum atomic E-state index is 5.34. The minimum atomic E-state index is 0.806. The third-order valence-corrected chi connectivity index (χ3v) is 3.89. The summed E-state index contributed by atoms with van der Waals surface area (Å²) >= 11 is 0. The molecular weight excluding hydrogens is 250 g/mol. The van der Waals surface area contributed by atoms with E-state index in [4.69, 9.17) is 9.47 Å². The van der Waals surface area contributed by atoms with Gasteiger partial charge in [-0.15, -0.1) is 0 Å². The molecule has 114 valence electrons. The number of nitrogens with zero attached hydrogens (tertiary/aromatic N) is 1. The predicted molar refractivity (Wildman–Crippen MR) is 83.7 cm³/mol. The van der Waals surface area contributed by atoms with E-state index in [-0.39, 0.29) is 0 Å². The number of unbranched alkanes of at least 4 members (excludes halogenated alkanes) is 1. The molecule has 0 saturated carbocycles. The minimum Gasteiger partial charge on any atom is -0.379 e. The van der Waals surface area contributed by atoms with E-state index in [1.165, 1.54) is 24.9 Å². The molecule has 0 saturated heterocycles. The Labute approximate surface area is 124 Å². The molecule has 3 nitrogen and oxygen atoms in total. The van der Waals surface area contributed by atoms with Crippen molar-refractivity contribution in [1.82, 2.24) is 0 Å². The molecule has 3 heteroatoms. The first-order valence-electron chi connectivity index (χ1n) is 7.63. The molecule has 0 amide bonds. The Hall–Kier alpha value is -0.900. The number of benzene rings is 1. The first-order chi connectivity index (χ1) is 9.76. The molecule has 0 fully saturated rings. The van der Waals surface area contributed by atoms with Crippen LogP contribution in [-0.2, 0) is 16.0 Å². The molecule has 1 aromatic carbocycles. The van der Waals surface area contributed by atoms with E-state index in [0.29, 0.717) is 0 Å². The van der Waals surface area contributed by atoms with E-state index in [2.05, 4.69) is 37.3 Å². The van der Waals surface area contributed by atoms with Crippen molar-refractivity contribution in [1.29, 1.82) is 0 Å². The molecule has 0 aliphatic carbocycles. The lowest BCUT2D eigenvalue weighted by Gasteiger charge is -2.38. The highest BCUT2D eigenvalue weighted by atomic mass is 16.5. The molecule has 0 bridgehead atoms. The highest BCUT2D eigenvalue weighted by Crippen LogP contribution is 2.16. The van der Waals surface area contributed by atoms with E-state index in [9.17, 15) is 0 Å². The van der Waals surface area contributed by atoms with Crippen LogP contribution in [0.2, 0.25) is 0 Å². The summed E-state index contributed by atoms with van der Waals surface area (Å²) < 4.78 is 11.7. The van der Waals surface area contributed by atoms with Gasteiger partial charge in [0.2, 0.25) is 0 Å². The lowest BCUT2D eigenvalue weighted by molar-refractivity contribution is -0.941. The summed E-state index contributed by atoms with van der Waals surface area (Å²) in [5.41, 5.74) is 1.40. The molecule has 0 aromatic heterocycles. The van der Waals surface area contributed by atoms with Gasteiger partial charge in [0.15, 0.2) is 0 Å². The number of hydrogen-bond acceptors (Lipinski definition) is 2. The van der Waals surface area contributed by atoms with Crippen LogP contribution in [0.5, 0.6) is 0 Å². The smallest absolute Gasteiger partial charge is 0.104 e. The number of rotatable bonds is 11. The molecular formula is C17H30NO2+. The van der Waals surface area contributed by atoms with Crippen molar-refractivity contribution in [3.8, 4) is 0 Å². The van der Waals surface area contributed by atoms with Crippen molar-refractivity contribution in [3.05, 3.63) is 35.9 Å². The van der Waals surface area contributed by atoms with Gasteiger partial charge >= 0.3 is 0 Å². The Morgan fingerprint density at radius 3 is 2.00 bits per heavy atom. The molecule has 0 atom stereocenters. The van der Waals surface area contributed by atoms with Gasteiger partial charge in [-0.1, -0.05) is 43.7 Å². The SMILES string of the molecule is CCCC[N+](CCOC)(CCOC)Cc1ccccc1. The van der Waals surface area contributed by atoms with E-state index >= 15 is 0 Å². The quantitative estimate of drug-likeness (QED) is 0.580. The van der Waals surface area contributed by atoms with Crippen molar-refractivity contribution in [3.63, 3.8) is 0 Å². The van der Waals surface area contributed by atoms with Crippen LogP contribution >= 0.6 is 0 Å². The largest absolute Gasteiger partial charge is 0.379 e. The van der Waals surface area contributed by atoms with Gasteiger partial charge in [0.1, 0.15) is 19.6 Å². The second-order valence-electron chi connectivity index (χ2n) is 5.50. The van der Waals surface area contributed by atoms with E-state index in [0.717, 1.165) is 37.3 Å². The summed E-state index contributed by atoms with van der Waals surface area (Å²) in [6, 6.07) is 10.8. The van der Waals surface area contributed by atoms with Crippen molar-refractivity contribution in [2.75, 3.05) is 47.1 Å². The van der Waals surface area contributed by atoms with Crippen LogP contribution in [-0.4, -0.2) is 51.6 Å². The number of hydrogen-bond donors (Lipinski definition) is 0. The zero-order valence-electron chi connectivity index (χ0n) is 13.3. The van der Waals surface area contributed by atoms with Crippen molar-refractivity contribution < 1.29 is 14.0 Å². The van der Waals surface area contributed by atoms with Crippen LogP contribution in [0.25, 0.3) is 0 Å². The van der Waals surface area contributed by atoms with Gasteiger partial charge < -0.3 is 14.0 Å². The van der Waals surface area contributed by atoms with Crippen LogP contribution in [0.1, 0.15) is 25.3 Å². The maximum Gasteiger partial charge on any atom is 0.104 e. The molecule has 0 unspecified atom stereocenters. The molecule has 0 spiro atoms. The summed E-state index contributed by atoms with van der Waals surface area (Å²) in [5.74, 6) is 0. The van der Waals surface area contributed by atoms with Gasteiger partial charge in [-0.2, -0.15) is 0 Å². The van der Waals surface area contributed by atoms with E-state index in [1.54, 1.807) is 14.2 Å². The van der Waals surface area contributed by atoms with Gasteiger partial charge in [0.25, 0.3) is 0 Å². The van der Waals surface area contributed by atoms with Crippen LogP contribution < -0.4 is 0 Å². The second kappa shape index (κ2) is 9.92. The maximum absolute atomic E-state index is 5.34. The van der Waals surface area contributed by atoms with Gasteiger partial charge in [-0.25, -0.2) is 0 Å². The fraction of sp³-hybridized carbons (Fsp3) is 0.647. The molecule has 20 heavy (non-hydrogen) atoms. The average molecular weight is 280 g/mol. The normalized spacial score (nSPS) is 11.8. The van der Waals surface area contributed by atoms with Crippen molar-refractivity contribution in [2.24, 2.45) is 0 Å². The van der Waals surface area contributed by atoms with Crippen molar-refractivity contribution in [2.45, 2.75) is 26.3 Å². The molecule has 0 N–H and O–H groups in total. The molecule has 1 aromatic rings. The number of quaternary nitrogens is 1. The Morgan fingerprint density at radius 1 is 0.900 bits per heavy atom. The molecule has 0 aliphatic rings. The molecule has 0 heterocycles. The predicted octanol–water partition coefficient (Wildman–Crippen LogP) is 3.10. The standard InChI is InChI=1S/C17H30NO2/c1-4-5-11-18(12-14-19-2,13-15-20-3)16-17-9-7-6-8-10-17/h6-10H,4-5,11-16H2,1-3H3/q+1. The molecule has 1 rings (SSSR count). The highest BCUT2D eigenvalue weighted by Gasteiger charge is 2.26. The Balaban J connectivity index is 2.81. The van der Waals surface area contributed by atoms with E-state index in [1.807, 2.05) is 0 Å². The van der Waals surface area contributed by atoms with Crippen LogP contribution in [0.15, 0.2) is 30.3 Å². The van der Waals surface area contributed by atoms with Crippen LogP contribution in [0, 0.1) is 0 Å². The van der Waals surface area contributed by atoms with E-state index < -0.39 is 0 Å². The third-order valence-electron chi connectivity index (χ3n) is 3.89. The molecule has 0 aliphatic heterocycles. The Kier molecular flexibility index (Phi) is 8.51. The second-order valence-corrected chi connectivity index (χ2v) is 5.50. The summed E-state index contributed by atoms with van der Waals surface area (Å²) in [5, 5.41) is 0. The van der Waals surface area contributed by atoms with Crippen molar-refractivity contribution >= 4 is 0 Å². The Bertz CT molecular complexity index is 318. The topological polar surface area (TPSA) is 18.5 Å². The lowest BCUT2D eigenvalue weighted by atomic mass is 10.1. The van der Waals surface area contributed by atoms with Gasteiger partial charge in [-0.3, -0.25) is 0 Å². The van der Waals surface area contributed by atoms with Gasteiger partial charge in [-0.05, 0) is 6.42 Å². The van der Waals surface area contributed by atoms with Crippen LogP contribution in [0.3, 0.4) is 0 Å². The monoisotopic (exact) mass is 280 g/mol. The number of ether oxygens (including phenoxy) is 2. The summed E-state index contributed by atoms with van der Waals surface area (Å²) in [6.45, 7) is 8.22. The summed E-state index contributed by atoms with van der Waals surface area (Å²) in [6.07, 6.45) is 2.48. The number of methoxy groups -OCH3 is 2. The Morgan fingerprint density at radius 2 is 1.50 bits per heavy atom. The molecule has 0 radical (unpaired) electrons.